The molecule has 0 spiro atoms. The Morgan fingerprint density at radius 1 is 0.923 bits per heavy atom. The molecule has 0 atom stereocenters. The Balaban J connectivity index is 1.21. The number of nitrogens with one attached hydrogen (secondary N) is 2. The number of carbonyl (C=O) groups excluding carboxylic acids is 1. The molecule has 2 aliphatic rings. The average Bonchev–Trinajstić information content (AvgIpc) is 3.76. The van der Waals surface area contributed by atoms with Gasteiger partial charge >= 0.3 is 0 Å². The van der Waals surface area contributed by atoms with E-state index in [2.05, 4.69) is 20.6 Å². The molecule has 1 saturated heterocycles. The summed E-state index contributed by atoms with van der Waals surface area (Å²) < 4.78 is 14.9. The average molecular weight is 524 g/mol. The largest absolute Gasteiger partial charge is 0.454 e. The molecular weight excluding hydrogens is 498 g/mol. The number of aromatic nitrogens is 6. The van der Waals surface area contributed by atoms with Crippen LogP contribution in [0.3, 0.4) is 0 Å². The third kappa shape index (κ3) is 4.56. The summed E-state index contributed by atoms with van der Waals surface area (Å²) in [5.74, 6) is 2.53. The fourth-order valence-corrected chi connectivity index (χ4v) is 4.79. The highest BCUT2D eigenvalue weighted by Gasteiger charge is 2.21. The molecule has 2 aromatic carbocycles. The standard InChI is InChI=1S/C27H25N9O3/c37-23-2-1-10-34(23)12-13-36-16-29-24-25(30-19-5-8-21-22(14-19)39-17-38-21)32-27(33-26(24)36)31-18-3-6-20(7-4-18)35-11-9-28-15-35/h3-9,11,14-16H,1-2,10,12-13,17H2,(H2,30,31,32,33). The summed E-state index contributed by atoms with van der Waals surface area (Å²) >= 11 is 0. The number of anilines is 4. The lowest BCUT2D eigenvalue weighted by molar-refractivity contribution is -0.127. The van der Waals surface area contributed by atoms with E-state index in [-0.39, 0.29) is 12.7 Å². The van der Waals surface area contributed by atoms with Gasteiger partial charge in [0, 0.05) is 61.6 Å². The van der Waals surface area contributed by atoms with E-state index < -0.39 is 0 Å². The van der Waals surface area contributed by atoms with Crippen LogP contribution in [0.15, 0.2) is 67.5 Å². The first kappa shape index (κ1) is 23.0. The molecule has 12 heteroatoms. The van der Waals surface area contributed by atoms with E-state index in [0.29, 0.717) is 53.9 Å². The van der Waals surface area contributed by atoms with Gasteiger partial charge in [-0.2, -0.15) is 9.97 Å². The molecule has 2 aliphatic heterocycles. The quantitative estimate of drug-likeness (QED) is 0.312. The number of rotatable bonds is 8. The normalized spacial score (nSPS) is 14.4. The van der Waals surface area contributed by atoms with E-state index in [9.17, 15) is 4.79 Å². The predicted molar refractivity (Wildman–Crippen MR) is 144 cm³/mol. The van der Waals surface area contributed by atoms with Crippen LogP contribution >= 0.6 is 0 Å². The van der Waals surface area contributed by atoms with Crippen molar-refractivity contribution in [1.29, 1.82) is 0 Å². The molecule has 0 bridgehead atoms. The monoisotopic (exact) mass is 523 g/mol. The van der Waals surface area contributed by atoms with Crippen LogP contribution in [-0.4, -0.2) is 59.8 Å². The maximum atomic E-state index is 12.1. The van der Waals surface area contributed by atoms with Crippen molar-refractivity contribution in [2.45, 2.75) is 19.4 Å². The number of carbonyl (C=O) groups is 1. The lowest BCUT2D eigenvalue weighted by Crippen LogP contribution is -2.28. The zero-order valence-electron chi connectivity index (χ0n) is 20.9. The molecule has 39 heavy (non-hydrogen) atoms. The first-order valence-electron chi connectivity index (χ1n) is 12.7. The summed E-state index contributed by atoms with van der Waals surface area (Å²) in [7, 11) is 0. The van der Waals surface area contributed by atoms with Crippen molar-refractivity contribution in [1.82, 2.24) is 34.0 Å². The minimum absolute atomic E-state index is 0.195. The summed E-state index contributed by atoms with van der Waals surface area (Å²) in [6.07, 6.45) is 8.66. The summed E-state index contributed by atoms with van der Waals surface area (Å²) in [5, 5.41) is 6.69. The second-order valence-electron chi connectivity index (χ2n) is 9.33. The van der Waals surface area contributed by atoms with Gasteiger partial charge in [-0.25, -0.2) is 9.97 Å². The summed E-state index contributed by atoms with van der Waals surface area (Å²) in [5.41, 5.74) is 3.90. The number of likely N-dealkylation sites (tertiary alicyclic amines) is 1. The molecule has 3 aromatic heterocycles. The second kappa shape index (κ2) is 9.63. The zero-order chi connectivity index (χ0) is 26.2. The molecule has 5 heterocycles. The van der Waals surface area contributed by atoms with Gasteiger partial charge < -0.3 is 34.1 Å². The Labute approximate surface area is 223 Å². The fraction of sp³-hybridized carbons (Fsp3) is 0.222. The molecular formula is C27H25N9O3. The van der Waals surface area contributed by atoms with Gasteiger partial charge in [0.2, 0.25) is 18.6 Å². The highest BCUT2D eigenvalue weighted by atomic mass is 16.7. The molecule has 12 nitrogen and oxygen atoms in total. The van der Waals surface area contributed by atoms with Crippen molar-refractivity contribution in [3.05, 3.63) is 67.5 Å². The van der Waals surface area contributed by atoms with Gasteiger partial charge in [-0.1, -0.05) is 0 Å². The Morgan fingerprint density at radius 2 is 1.79 bits per heavy atom. The molecule has 0 radical (unpaired) electrons. The topological polar surface area (TPSA) is 124 Å². The van der Waals surface area contributed by atoms with Gasteiger partial charge in [-0.05, 0) is 42.8 Å². The van der Waals surface area contributed by atoms with Crippen molar-refractivity contribution >= 4 is 40.2 Å². The minimum Gasteiger partial charge on any atom is -0.454 e. The van der Waals surface area contributed by atoms with Crippen LogP contribution < -0.4 is 20.1 Å². The van der Waals surface area contributed by atoms with Crippen molar-refractivity contribution in [3.63, 3.8) is 0 Å². The third-order valence-corrected chi connectivity index (χ3v) is 6.81. The Bertz CT molecular complexity index is 1650. The molecule has 1 fully saturated rings. The Kier molecular flexibility index (Phi) is 5.69. The van der Waals surface area contributed by atoms with Crippen LogP contribution in [0.1, 0.15) is 12.8 Å². The van der Waals surface area contributed by atoms with Crippen LogP contribution in [0.2, 0.25) is 0 Å². The van der Waals surface area contributed by atoms with Gasteiger partial charge in [-0.15, -0.1) is 0 Å². The third-order valence-electron chi connectivity index (χ3n) is 6.81. The number of ether oxygens (including phenoxy) is 2. The number of nitrogens with zero attached hydrogens (tertiary/aromatic N) is 7. The SMILES string of the molecule is O=C1CCCN1CCn1cnc2c(Nc3ccc4c(c3)OCO4)nc(Nc3ccc(-n4ccnc4)cc3)nc21. The van der Waals surface area contributed by atoms with Crippen LogP contribution in [0, 0.1) is 0 Å². The molecule has 1 amide bonds. The van der Waals surface area contributed by atoms with Crippen LogP contribution in [0.5, 0.6) is 11.5 Å². The summed E-state index contributed by atoms with van der Waals surface area (Å²) in [4.78, 5) is 32.3. The number of fused-ring (bicyclic) bond motifs is 2. The van der Waals surface area contributed by atoms with Gasteiger partial charge in [0.15, 0.2) is 28.5 Å². The maximum Gasteiger partial charge on any atom is 0.231 e. The van der Waals surface area contributed by atoms with E-state index in [0.717, 1.165) is 30.0 Å². The van der Waals surface area contributed by atoms with Crippen molar-refractivity contribution in [3.8, 4) is 17.2 Å². The van der Waals surface area contributed by atoms with E-state index in [1.165, 1.54) is 0 Å². The van der Waals surface area contributed by atoms with E-state index in [4.69, 9.17) is 19.4 Å². The summed E-state index contributed by atoms with van der Waals surface area (Å²) in [6.45, 7) is 2.19. The van der Waals surface area contributed by atoms with Crippen LogP contribution in [-0.2, 0) is 11.3 Å². The molecule has 196 valence electrons. The predicted octanol–water partition coefficient (Wildman–Crippen LogP) is 3.85. The lowest BCUT2D eigenvalue weighted by atomic mass is 10.2. The smallest absolute Gasteiger partial charge is 0.231 e. The molecule has 0 aliphatic carbocycles. The number of imidazole rings is 2. The van der Waals surface area contributed by atoms with Gasteiger partial charge in [-0.3, -0.25) is 4.79 Å². The number of benzene rings is 2. The van der Waals surface area contributed by atoms with Gasteiger partial charge in [0.05, 0.1) is 12.7 Å². The molecule has 7 rings (SSSR count). The zero-order valence-corrected chi connectivity index (χ0v) is 20.9. The fourth-order valence-electron chi connectivity index (χ4n) is 4.79. The highest BCUT2D eigenvalue weighted by molar-refractivity contribution is 5.87. The van der Waals surface area contributed by atoms with Crippen LogP contribution in [0.25, 0.3) is 16.9 Å². The van der Waals surface area contributed by atoms with Crippen LogP contribution in [0.4, 0.5) is 23.1 Å². The Morgan fingerprint density at radius 3 is 2.62 bits per heavy atom. The highest BCUT2D eigenvalue weighted by Crippen LogP contribution is 2.36. The van der Waals surface area contributed by atoms with Crippen molar-refractivity contribution in [2.75, 3.05) is 30.5 Å². The molecule has 2 N–H and O–H groups in total. The molecule has 5 aromatic rings. The number of hydrogen-bond acceptors (Lipinski definition) is 9. The molecule has 0 unspecified atom stereocenters. The minimum atomic E-state index is 0.195. The van der Waals surface area contributed by atoms with Gasteiger partial charge in [0.25, 0.3) is 0 Å². The number of hydrogen-bond donors (Lipinski definition) is 2. The van der Waals surface area contributed by atoms with E-state index >= 15 is 0 Å². The maximum absolute atomic E-state index is 12.1. The number of amides is 1. The van der Waals surface area contributed by atoms with Crippen molar-refractivity contribution < 1.29 is 14.3 Å². The van der Waals surface area contributed by atoms with E-state index in [1.54, 1.807) is 18.9 Å². The molecule has 0 saturated carbocycles. The second-order valence-corrected chi connectivity index (χ2v) is 9.33. The summed E-state index contributed by atoms with van der Waals surface area (Å²) in [6, 6.07) is 13.5. The lowest BCUT2D eigenvalue weighted by Gasteiger charge is -2.16. The van der Waals surface area contributed by atoms with Gasteiger partial charge in [0.1, 0.15) is 0 Å². The van der Waals surface area contributed by atoms with Crippen molar-refractivity contribution in [2.24, 2.45) is 0 Å². The Hall–Kier alpha value is -5.13. The van der Waals surface area contributed by atoms with E-state index in [1.807, 2.05) is 62.7 Å². The first-order valence-corrected chi connectivity index (χ1v) is 12.7. The first-order chi connectivity index (χ1) is 19.2.